The van der Waals surface area contributed by atoms with Gasteiger partial charge in [0.2, 0.25) is 0 Å². The minimum Gasteiger partial charge on any atom is -0.493 e. The van der Waals surface area contributed by atoms with E-state index in [1.807, 2.05) is 24.3 Å². The third kappa shape index (κ3) is 5.13. The van der Waals surface area contributed by atoms with Crippen molar-refractivity contribution >= 4 is 45.6 Å². The van der Waals surface area contributed by atoms with Gasteiger partial charge in [0, 0.05) is 17.5 Å². The van der Waals surface area contributed by atoms with E-state index in [0.717, 1.165) is 10.4 Å². The zero-order valence-corrected chi connectivity index (χ0v) is 16.7. The number of anilines is 1. The molecule has 5 nitrogen and oxygen atoms in total. The van der Waals surface area contributed by atoms with Crippen molar-refractivity contribution in [3.05, 3.63) is 69.1 Å². The summed E-state index contributed by atoms with van der Waals surface area (Å²) in [4.78, 5) is 17.3. The SMILES string of the molecule is COc1ccccc1OCC(=O)Nc1ncc(Cc2cccc(Cl)c2Cl)s1. The summed E-state index contributed by atoms with van der Waals surface area (Å²) < 4.78 is 10.7. The van der Waals surface area contributed by atoms with E-state index in [1.54, 1.807) is 31.5 Å². The molecule has 140 valence electrons. The van der Waals surface area contributed by atoms with Crippen LogP contribution in [0.2, 0.25) is 10.0 Å². The third-order valence-corrected chi connectivity index (χ3v) is 5.39. The number of halogens is 2. The Labute approximate surface area is 170 Å². The van der Waals surface area contributed by atoms with Crippen LogP contribution in [0.25, 0.3) is 0 Å². The quantitative estimate of drug-likeness (QED) is 0.577. The number of para-hydroxylation sites is 2. The Hall–Kier alpha value is -2.28. The molecule has 2 aromatic carbocycles. The summed E-state index contributed by atoms with van der Waals surface area (Å²) in [5.74, 6) is 0.772. The topological polar surface area (TPSA) is 60.5 Å². The minimum absolute atomic E-state index is 0.143. The number of thiazole rings is 1. The summed E-state index contributed by atoms with van der Waals surface area (Å²) in [6.45, 7) is -0.143. The summed E-state index contributed by atoms with van der Waals surface area (Å²) in [6.07, 6.45) is 2.29. The number of carbonyl (C=O) groups is 1. The molecule has 0 fully saturated rings. The van der Waals surface area contributed by atoms with Gasteiger partial charge in [-0.1, -0.05) is 47.5 Å². The molecule has 1 aromatic heterocycles. The highest BCUT2D eigenvalue weighted by Gasteiger charge is 2.11. The maximum Gasteiger partial charge on any atom is 0.264 e. The van der Waals surface area contributed by atoms with Crippen LogP contribution in [-0.4, -0.2) is 24.6 Å². The van der Waals surface area contributed by atoms with Crippen LogP contribution in [0.4, 0.5) is 5.13 Å². The first-order valence-electron chi connectivity index (χ1n) is 8.00. The fourth-order valence-electron chi connectivity index (χ4n) is 2.36. The molecule has 8 heteroatoms. The maximum absolute atomic E-state index is 12.1. The first-order chi connectivity index (χ1) is 13.1. The zero-order chi connectivity index (χ0) is 19.2. The van der Waals surface area contributed by atoms with Gasteiger partial charge in [-0.3, -0.25) is 10.1 Å². The third-order valence-electron chi connectivity index (χ3n) is 3.62. The summed E-state index contributed by atoms with van der Waals surface area (Å²) in [7, 11) is 1.55. The molecule has 0 saturated carbocycles. The van der Waals surface area contributed by atoms with E-state index in [1.165, 1.54) is 11.3 Å². The van der Waals surface area contributed by atoms with Crippen molar-refractivity contribution in [1.82, 2.24) is 4.98 Å². The maximum atomic E-state index is 12.1. The molecule has 0 atom stereocenters. The first kappa shape index (κ1) is 19.5. The van der Waals surface area contributed by atoms with Crippen LogP contribution in [0.1, 0.15) is 10.4 Å². The molecule has 0 aliphatic rings. The lowest BCUT2D eigenvalue weighted by Gasteiger charge is -2.09. The molecule has 0 radical (unpaired) electrons. The molecule has 27 heavy (non-hydrogen) atoms. The van der Waals surface area contributed by atoms with Crippen molar-refractivity contribution in [3.63, 3.8) is 0 Å². The summed E-state index contributed by atoms with van der Waals surface area (Å²) in [5, 5.41) is 4.27. The summed E-state index contributed by atoms with van der Waals surface area (Å²) in [6, 6.07) is 12.6. The number of aromatic nitrogens is 1. The lowest BCUT2D eigenvalue weighted by atomic mass is 10.1. The molecular formula is C19H16Cl2N2O3S. The van der Waals surface area contributed by atoms with Gasteiger partial charge in [-0.15, -0.1) is 11.3 Å². The molecule has 1 heterocycles. The van der Waals surface area contributed by atoms with Gasteiger partial charge < -0.3 is 9.47 Å². The molecule has 1 N–H and O–H groups in total. The fraction of sp³-hybridized carbons (Fsp3) is 0.158. The highest BCUT2D eigenvalue weighted by molar-refractivity contribution is 7.15. The van der Waals surface area contributed by atoms with Gasteiger partial charge in [0.15, 0.2) is 23.2 Å². The number of hydrogen-bond donors (Lipinski definition) is 1. The Kier molecular flexibility index (Phi) is 6.55. The predicted molar refractivity (Wildman–Crippen MR) is 109 cm³/mol. The van der Waals surface area contributed by atoms with E-state index < -0.39 is 0 Å². The molecular weight excluding hydrogens is 407 g/mol. The lowest BCUT2D eigenvalue weighted by molar-refractivity contribution is -0.118. The van der Waals surface area contributed by atoms with Gasteiger partial charge in [-0.05, 0) is 23.8 Å². The van der Waals surface area contributed by atoms with Crippen molar-refractivity contribution in [3.8, 4) is 11.5 Å². The molecule has 3 aromatic rings. The van der Waals surface area contributed by atoms with Crippen molar-refractivity contribution in [2.75, 3.05) is 19.0 Å². The second-order valence-electron chi connectivity index (χ2n) is 5.51. The molecule has 0 saturated heterocycles. The minimum atomic E-state index is -0.303. The molecule has 0 bridgehead atoms. The van der Waals surface area contributed by atoms with Crippen LogP contribution in [0, 0.1) is 0 Å². The first-order valence-corrected chi connectivity index (χ1v) is 9.57. The average Bonchev–Trinajstić information content (AvgIpc) is 3.11. The van der Waals surface area contributed by atoms with Crippen LogP contribution in [0.3, 0.4) is 0 Å². The lowest BCUT2D eigenvalue weighted by Crippen LogP contribution is -2.20. The Morgan fingerprint density at radius 2 is 1.93 bits per heavy atom. The van der Waals surface area contributed by atoms with E-state index in [0.29, 0.717) is 33.1 Å². The molecule has 0 spiro atoms. The van der Waals surface area contributed by atoms with Gasteiger partial charge in [0.05, 0.1) is 17.2 Å². The Morgan fingerprint density at radius 1 is 1.15 bits per heavy atom. The standard InChI is InChI=1S/C19H16Cl2N2O3S/c1-25-15-7-2-3-8-16(15)26-11-17(24)23-19-22-10-13(27-19)9-12-5-4-6-14(20)18(12)21/h2-8,10H,9,11H2,1H3,(H,22,23,24). The largest absolute Gasteiger partial charge is 0.493 e. The van der Waals surface area contributed by atoms with Crippen molar-refractivity contribution < 1.29 is 14.3 Å². The molecule has 0 unspecified atom stereocenters. The van der Waals surface area contributed by atoms with Crippen LogP contribution in [0.5, 0.6) is 11.5 Å². The number of methoxy groups -OCH3 is 1. The van der Waals surface area contributed by atoms with E-state index in [9.17, 15) is 4.79 Å². The highest BCUT2D eigenvalue weighted by atomic mass is 35.5. The van der Waals surface area contributed by atoms with Crippen molar-refractivity contribution in [2.45, 2.75) is 6.42 Å². The van der Waals surface area contributed by atoms with Crippen LogP contribution in [0.15, 0.2) is 48.7 Å². The number of nitrogens with zero attached hydrogens (tertiary/aromatic N) is 1. The number of hydrogen-bond acceptors (Lipinski definition) is 5. The van der Waals surface area contributed by atoms with Crippen LogP contribution >= 0.6 is 34.5 Å². The van der Waals surface area contributed by atoms with Crippen molar-refractivity contribution in [2.24, 2.45) is 0 Å². The van der Waals surface area contributed by atoms with Crippen LogP contribution in [-0.2, 0) is 11.2 Å². The number of nitrogens with one attached hydrogen (secondary N) is 1. The van der Waals surface area contributed by atoms with Crippen molar-refractivity contribution in [1.29, 1.82) is 0 Å². The number of carbonyl (C=O) groups excluding carboxylic acids is 1. The number of benzene rings is 2. The Bertz CT molecular complexity index is 946. The molecule has 0 aliphatic carbocycles. The Balaban J connectivity index is 1.57. The van der Waals surface area contributed by atoms with Gasteiger partial charge in [-0.25, -0.2) is 4.98 Å². The predicted octanol–water partition coefficient (Wildman–Crippen LogP) is 5.07. The zero-order valence-electron chi connectivity index (χ0n) is 14.4. The van der Waals surface area contributed by atoms with Gasteiger partial charge in [-0.2, -0.15) is 0 Å². The molecule has 0 aliphatic heterocycles. The van der Waals surface area contributed by atoms with E-state index in [-0.39, 0.29) is 12.5 Å². The van der Waals surface area contributed by atoms with Gasteiger partial charge in [0.1, 0.15) is 0 Å². The normalized spacial score (nSPS) is 10.5. The Morgan fingerprint density at radius 3 is 2.70 bits per heavy atom. The number of rotatable bonds is 7. The van der Waals surface area contributed by atoms with Gasteiger partial charge in [0.25, 0.3) is 5.91 Å². The second kappa shape index (κ2) is 9.08. The number of ether oxygens (including phenoxy) is 2. The van der Waals surface area contributed by atoms with E-state index in [2.05, 4.69) is 10.3 Å². The average molecular weight is 423 g/mol. The molecule has 3 rings (SSSR count). The highest BCUT2D eigenvalue weighted by Crippen LogP contribution is 2.29. The fourth-order valence-corrected chi connectivity index (χ4v) is 3.60. The van der Waals surface area contributed by atoms with Crippen LogP contribution < -0.4 is 14.8 Å². The monoisotopic (exact) mass is 422 g/mol. The number of amides is 1. The van der Waals surface area contributed by atoms with E-state index in [4.69, 9.17) is 32.7 Å². The van der Waals surface area contributed by atoms with E-state index >= 15 is 0 Å². The smallest absolute Gasteiger partial charge is 0.264 e. The van der Waals surface area contributed by atoms with Gasteiger partial charge >= 0.3 is 0 Å². The molecule has 1 amide bonds. The summed E-state index contributed by atoms with van der Waals surface area (Å²) in [5.41, 5.74) is 0.908. The summed E-state index contributed by atoms with van der Waals surface area (Å²) >= 11 is 13.6. The second-order valence-corrected chi connectivity index (χ2v) is 7.41.